The Morgan fingerprint density at radius 2 is 2.31 bits per heavy atom. The summed E-state index contributed by atoms with van der Waals surface area (Å²) in [6.45, 7) is 0. The second kappa shape index (κ2) is 3.03. The molecule has 0 bridgehead atoms. The molecule has 2 aromatic rings. The summed E-state index contributed by atoms with van der Waals surface area (Å²) in [5, 5.41) is 12.0. The van der Waals surface area contributed by atoms with Crippen LogP contribution in [0.5, 0.6) is 0 Å². The molecule has 2 aromatic heterocycles. The lowest BCUT2D eigenvalue weighted by atomic mass is 10.2. The molecule has 0 saturated carbocycles. The Labute approximate surface area is 73.7 Å². The van der Waals surface area contributed by atoms with E-state index in [-0.39, 0.29) is 0 Å². The fourth-order valence-corrected chi connectivity index (χ4v) is 0.925. The summed E-state index contributed by atoms with van der Waals surface area (Å²) in [6.07, 6.45) is 2.83. The summed E-state index contributed by atoms with van der Waals surface area (Å²) in [6, 6.07) is 5.22. The smallest absolute Gasteiger partial charge is 0.257 e. The minimum Gasteiger partial charge on any atom is -0.334 e. The maximum absolute atomic E-state index is 8.58. The van der Waals surface area contributed by atoms with Crippen LogP contribution in [0.2, 0.25) is 0 Å². The van der Waals surface area contributed by atoms with E-state index < -0.39 is 0 Å². The van der Waals surface area contributed by atoms with Gasteiger partial charge in [-0.3, -0.25) is 0 Å². The molecule has 0 aromatic carbocycles. The number of nitriles is 1. The average Bonchev–Trinajstić information content (AvgIpc) is 2.71. The highest BCUT2D eigenvalue weighted by atomic mass is 16.5. The van der Waals surface area contributed by atoms with Gasteiger partial charge in [0, 0.05) is 11.8 Å². The first-order valence-corrected chi connectivity index (χ1v) is 3.53. The molecule has 0 aliphatic heterocycles. The Morgan fingerprint density at radius 3 is 3.00 bits per heavy atom. The number of rotatable bonds is 1. The van der Waals surface area contributed by atoms with Gasteiger partial charge in [-0.1, -0.05) is 5.16 Å². The van der Waals surface area contributed by atoms with E-state index in [0.29, 0.717) is 17.1 Å². The number of nitrogens with zero attached hydrogens (tertiary/aromatic N) is 4. The Morgan fingerprint density at radius 1 is 1.38 bits per heavy atom. The summed E-state index contributed by atoms with van der Waals surface area (Å²) in [7, 11) is 0. The zero-order valence-corrected chi connectivity index (χ0v) is 6.51. The molecule has 5 nitrogen and oxygen atoms in total. The highest BCUT2D eigenvalue weighted by molar-refractivity contribution is 5.53. The lowest BCUT2D eigenvalue weighted by Gasteiger charge is -1.92. The van der Waals surface area contributed by atoms with Crippen molar-refractivity contribution in [3.63, 3.8) is 0 Å². The van der Waals surface area contributed by atoms with E-state index in [1.807, 2.05) is 6.07 Å². The molecule has 13 heavy (non-hydrogen) atoms. The predicted octanol–water partition coefficient (Wildman–Crippen LogP) is 1.00. The number of aromatic nitrogens is 3. The number of pyridine rings is 1. The lowest BCUT2D eigenvalue weighted by molar-refractivity contribution is 0.430. The Balaban J connectivity index is 2.49. The van der Waals surface area contributed by atoms with E-state index in [4.69, 9.17) is 9.78 Å². The van der Waals surface area contributed by atoms with Crippen LogP contribution in [0, 0.1) is 11.3 Å². The molecule has 0 saturated heterocycles. The van der Waals surface area contributed by atoms with Gasteiger partial charge < -0.3 is 4.52 Å². The van der Waals surface area contributed by atoms with Crippen molar-refractivity contribution in [2.45, 2.75) is 0 Å². The second-order valence-electron chi connectivity index (χ2n) is 2.29. The van der Waals surface area contributed by atoms with Crippen LogP contribution in [0.4, 0.5) is 0 Å². The third-order valence-electron chi connectivity index (χ3n) is 1.48. The standard InChI is InChI=1S/C8H4N4O/c9-4-7-3-6(1-2-10-7)8-11-5-12-13-8/h1-3,5H. The van der Waals surface area contributed by atoms with Gasteiger partial charge in [-0.05, 0) is 12.1 Å². The van der Waals surface area contributed by atoms with Gasteiger partial charge in [-0.25, -0.2) is 4.98 Å². The molecular weight excluding hydrogens is 168 g/mol. The van der Waals surface area contributed by atoms with Crippen LogP contribution in [0.3, 0.4) is 0 Å². The van der Waals surface area contributed by atoms with Crippen LogP contribution < -0.4 is 0 Å². The van der Waals surface area contributed by atoms with E-state index in [1.165, 1.54) is 12.5 Å². The first-order valence-electron chi connectivity index (χ1n) is 3.53. The summed E-state index contributed by atoms with van der Waals surface area (Å²) in [5.41, 5.74) is 1.03. The minimum absolute atomic E-state index is 0.329. The Bertz CT molecular complexity index is 443. The van der Waals surface area contributed by atoms with Gasteiger partial charge in [0.2, 0.25) is 0 Å². The van der Waals surface area contributed by atoms with Crippen molar-refractivity contribution >= 4 is 0 Å². The van der Waals surface area contributed by atoms with Crippen LogP contribution in [-0.2, 0) is 0 Å². The van der Waals surface area contributed by atoms with Crippen molar-refractivity contribution in [2.75, 3.05) is 0 Å². The third-order valence-corrected chi connectivity index (χ3v) is 1.48. The maximum Gasteiger partial charge on any atom is 0.257 e. The van der Waals surface area contributed by atoms with Crippen LogP contribution >= 0.6 is 0 Å². The highest BCUT2D eigenvalue weighted by Gasteiger charge is 2.03. The van der Waals surface area contributed by atoms with Gasteiger partial charge >= 0.3 is 0 Å². The molecule has 2 rings (SSSR count). The third kappa shape index (κ3) is 1.37. The predicted molar refractivity (Wildman–Crippen MR) is 42.2 cm³/mol. The van der Waals surface area contributed by atoms with E-state index in [0.717, 1.165) is 0 Å². The molecule has 2 heterocycles. The van der Waals surface area contributed by atoms with Crippen molar-refractivity contribution in [1.29, 1.82) is 5.26 Å². The average molecular weight is 172 g/mol. The Kier molecular flexibility index (Phi) is 1.73. The van der Waals surface area contributed by atoms with Crippen molar-refractivity contribution in [1.82, 2.24) is 15.1 Å². The molecule has 0 spiro atoms. The SMILES string of the molecule is N#Cc1cc(-c2ncno2)ccn1. The first-order chi connectivity index (χ1) is 6.40. The Hall–Kier alpha value is -2.22. The summed E-state index contributed by atoms with van der Waals surface area (Å²) >= 11 is 0. The van der Waals surface area contributed by atoms with Crippen molar-refractivity contribution in [2.24, 2.45) is 0 Å². The molecule has 0 radical (unpaired) electrons. The molecule has 0 fully saturated rings. The molecule has 0 unspecified atom stereocenters. The minimum atomic E-state index is 0.329. The van der Waals surface area contributed by atoms with Gasteiger partial charge in [0.25, 0.3) is 5.89 Å². The monoisotopic (exact) mass is 172 g/mol. The molecule has 0 aliphatic rings. The van der Waals surface area contributed by atoms with Gasteiger partial charge in [0.05, 0.1) is 0 Å². The van der Waals surface area contributed by atoms with E-state index in [2.05, 4.69) is 15.1 Å². The summed E-state index contributed by atoms with van der Waals surface area (Å²) in [4.78, 5) is 7.66. The first kappa shape index (κ1) is 7.43. The topological polar surface area (TPSA) is 75.6 Å². The fraction of sp³-hybridized carbons (Fsp3) is 0. The van der Waals surface area contributed by atoms with Crippen LogP contribution in [-0.4, -0.2) is 15.1 Å². The molecule has 0 aliphatic carbocycles. The van der Waals surface area contributed by atoms with Crippen molar-refractivity contribution in [3.8, 4) is 17.5 Å². The maximum atomic E-state index is 8.58. The van der Waals surface area contributed by atoms with Gasteiger partial charge in [0.1, 0.15) is 11.8 Å². The van der Waals surface area contributed by atoms with Crippen LogP contribution in [0.15, 0.2) is 29.2 Å². The normalized spacial score (nSPS) is 9.46. The molecule has 62 valence electrons. The number of hydrogen-bond acceptors (Lipinski definition) is 5. The van der Waals surface area contributed by atoms with Gasteiger partial charge in [-0.15, -0.1) is 0 Å². The van der Waals surface area contributed by atoms with Gasteiger partial charge in [0.15, 0.2) is 6.33 Å². The van der Waals surface area contributed by atoms with E-state index in [1.54, 1.807) is 12.1 Å². The van der Waals surface area contributed by atoms with Crippen molar-refractivity contribution < 1.29 is 4.52 Å². The molecule has 5 heteroatoms. The zero-order chi connectivity index (χ0) is 9.10. The molecular formula is C8H4N4O. The molecule has 0 N–H and O–H groups in total. The van der Waals surface area contributed by atoms with Crippen LogP contribution in [0.25, 0.3) is 11.5 Å². The van der Waals surface area contributed by atoms with E-state index >= 15 is 0 Å². The zero-order valence-electron chi connectivity index (χ0n) is 6.51. The van der Waals surface area contributed by atoms with Gasteiger partial charge in [-0.2, -0.15) is 10.2 Å². The highest BCUT2D eigenvalue weighted by Crippen LogP contribution is 2.14. The van der Waals surface area contributed by atoms with Crippen LogP contribution in [0.1, 0.15) is 5.69 Å². The lowest BCUT2D eigenvalue weighted by Crippen LogP contribution is -1.83. The quantitative estimate of drug-likeness (QED) is 0.641. The summed E-state index contributed by atoms with van der Waals surface area (Å²) in [5.74, 6) is 0.388. The van der Waals surface area contributed by atoms with E-state index in [9.17, 15) is 0 Å². The second-order valence-corrected chi connectivity index (χ2v) is 2.29. The number of hydrogen-bond donors (Lipinski definition) is 0. The molecule has 0 amide bonds. The largest absolute Gasteiger partial charge is 0.334 e. The molecule has 0 atom stereocenters. The van der Waals surface area contributed by atoms with Crippen molar-refractivity contribution in [3.05, 3.63) is 30.4 Å². The fourth-order valence-electron chi connectivity index (χ4n) is 0.925. The summed E-state index contributed by atoms with van der Waals surface area (Å²) < 4.78 is 4.82.